The molecule has 0 aliphatic carbocycles. The lowest BCUT2D eigenvalue weighted by molar-refractivity contribution is 0.180. The Balaban J connectivity index is 3.20. The molecule has 0 atom stereocenters. The molecule has 2 N–H and O–H groups in total. The van der Waals surface area contributed by atoms with Gasteiger partial charge < -0.3 is 15.1 Å². The van der Waals surface area contributed by atoms with Gasteiger partial charge in [-0.15, -0.1) is 0 Å². The highest BCUT2D eigenvalue weighted by Crippen LogP contribution is 2.26. The van der Waals surface area contributed by atoms with E-state index in [9.17, 15) is 13.2 Å². The number of amides is 2. The topological polar surface area (TPSA) is 81.8 Å². The number of benzene rings is 1. The molecule has 0 saturated heterocycles. The first-order valence-corrected chi connectivity index (χ1v) is 10.6. The Morgan fingerprint density at radius 3 is 2.35 bits per heavy atom. The highest BCUT2D eigenvalue weighted by Gasteiger charge is 2.19. The fraction of sp³-hybridized carbons (Fsp3) is 0.611. The summed E-state index contributed by atoms with van der Waals surface area (Å²) in [4.78, 5) is 16.0. The third-order valence-electron chi connectivity index (χ3n) is 3.86. The highest BCUT2D eigenvalue weighted by molar-refractivity contribution is 7.92. The van der Waals surface area contributed by atoms with Gasteiger partial charge in [0, 0.05) is 44.6 Å². The van der Waals surface area contributed by atoms with Crippen molar-refractivity contribution in [2.24, 2.45) is 0 Å². The summed E-state index contributed by atoms with van der Waals surface area (Å²) in [5.74, 6) is 0.0782. The van der Waals surface area contributed by atoms with E-state index in [0.717, 1.165) is 11.3 Å². The number of anilines is 2. The molecule has 2 amide bonds. The van der Waals surface area contributed by atoms with Gasteiger partial charge in [-0.05, 0) is 51.0 Å². The second-order valence-corrected chi connectivity index (χ2v) is 8.56. The van der Waals surface area contributed by atoms with Crippen molar-refractivity contribution in [2.45, 2.75) is 46.7 Å². The summed E-state index contributed by atoms with van der Waals surface area (Å²) in [6.07, 6.45) is 0.552. The van der Waals surface area contributed by atoms with Crippen LogP contribution in [0.1, 0.15) is 39.7 Å². The third-order valence-corrected chi connectivity index (χ3v) is 5.35. The Morgan fingerprint density at radius 2 is 1.85 bits per heavy atom. The summed E-state index contributed by atoms with van der Waals surface area (Å²) >= 11 is 0. The van der Waals surface area contributed by atoms with Crippen LogP contribution in [0, 0.1) is 0 Å². The van der Waals surface area contributed by atoms with E-state index in [2.05, 4.69) is 10.0 Å². The first kappa shape index (κ1) is 22.1. The number of urea groups is 1. The normalized spacial score (nSPS) is 11.3. The summed E-state index contributed by atoms with van der Waals surface area (Å²) in [6.45, 7) is 8.56. The van der Waals surface area contributed by atoms with Gasteiger partial charge in [0.25, 0.3) is 0 Å². The van der Waals surface area contributed by atoms with Gasteiger partial charge in [-0.1, -0.05) is 6.92 Å². The quantitative estimate of drug-likeness (QED) is 0.686. The summed E-state index contributed by atoms with van der Waals surface area (Å²) in [5.41, 5.74) is 2.34. The van der Waals surface area contributed by atoms with Crippen molar-refractivity contribution in [3.63, 3.8) is 0 Å². The van der Waals surface area contributed by atoms with Crippen molar-refractivity contribution in [1.29, 1.82) is 0 Å². The van der Waals surface area contributed by atoms with Crippen LogP contribution in [0.4, 0.5) is 16.2 Å². The fourth-order valence-electron chi connectivity index (χ4n) is 2.64. The van der Waals surface area contributed by atoms with E-state index in [0.29, 0.717) is 25.2 Å². The molecule has 0 spiro atoms. The van der Waals surface area contributed by atoms with Crippen LogP contribution in [0.2, 0.25) is 0 Å². The van der Waals surface area contributed by atoms with Gasteiger partial charge >= 0.3 is 6.03 Å². The monoisotopic (exact) mass is 384 g/mol. The number of hydrogen-bond donors (Lipinski definition) is 2. The molecule has 7 nitrogen and oxygen atoms in total. The zero-order valence-electron chi connectivity index (χ0n) is 16.7. The first-order chi connectivity index (χ1) is 12.1. The van der Waals surface area contributed by atoms with Crippen molar-refractivity contribution in [3.05, 3.63) is 23.8 Å². The van der Waals surface area contributed by atoms with Crippen molar-refractivity contribution in [3.8, 4) is 0 Å². The smallest absolute Gasteiger partial charge is 0.317 e. The summed E-state index contributed by atoms with van der Waals surface area (Å²) in [5, 5.41) is 2.83. The van der Waals surface area contributed by atoms with Gasteiger partial charge in [-0.25, -0.2) is 13.2 Å². The molecule has 0 radical (unpaired) electrons. The van der Waals surface area contributed by atoms with E-state index in [4.69, 9.17) is 0 Å². The molecule has 0 unspecified atom stereocenters. The number of carbonyl (C=O) groups excluding carboxylic acids is 1. The molecule has 0 aliphatic rings. The molecule has 1 aromatic rings. The number of rotatable bonds is 9. The molecule has 26 heavy (non-hydrogen) atoms. The van der Waals surface area contributed by atoms with Gasteiger partial charge in [0.15, 0.2) is 0 Å². The molecule has 0 bridgehead atoms. The van der Waals surface area contributed by atoms with Crippen molar-refractivity contribution < 1.29 is 13.2 Å². The maximum absolute atomic E-state index is 12.4. The predicted molar refractivity (Wildman–Crippen MR) is 108 cm³/mol. The van der Waals surface area contributed by atoms with E-state index < -0.39 is 10.0 Å². The van der Waals surface area contributed by atoms with Gasteiger partial charge in [-0.2, -0.15) is 0 Å². The Labute approximate surface area is 157 Å². The van der Waals surface area contributed by atoms with Crippen molar-refractivity contribution in [1.82, 2.24) is 10.2 Å². The second kappa shape index (κ2) is 9.66. The minimum Gasteiger partial charge on any atom is -0.377 e. The molecule has 1 aromatic carbocycles. The van der Waals surface area contributed by atoms with Gasteiger partial charge in [-0.3, -0.25) is 4.72 Å². The molecule has 0 aromatic heterocycles. The van der Waals surface area contributed by atoms with Crippen LogP contribution in [0.5, 0.6) is 0 Å². The molecular formula is C18H32N4O3S. The number of nitrogens with zero attached hydrogens (tertiary/aromatic N) is 2. The zero-order valence-corrected chi connectivity index (χ0v) is 17.5. The van der Waals surface area contributed by atoms with E-state index >= 15 is 0 Å². The second-order valence-electron chi connectivity index (χ2n) is 6.72. The van der Waals surface area contributed by atoms with Crippen molar-refractivity contribution >= 4 is 27.4 Å². The number of hydrogen-bond acceptors (Lipinski definition) is 4. The van der Waals surface area contributed by atoms with E-state index in [1.807, 2.05) is 52.8 Å². The molecule has 0 fully saturated rings. The van der Waals surface area contributed by atoms with E-state index in [1.54, 1.807) is 17.0 Å². The Hall–Kier alpha value is -1.96. The van der Waals surface area contributed by atoms with Gasteiger partial charge in [0.2, 0.25) is 10.0 Å². The standard InChI is InChI=1S/C18H32N4O3S/c1-7-11-26(24,25)20-16-9-10-17(21(5)6)15(12-16)13-22(14(3)4)18(23)19-8-2/h9-10,12,14,20H,7-8,11,13H2,1-6H3,(H,19,23). The number of nitrogens with one attached hydrogen (secondary N) is 2. The van der Waals surface area contributed by atoms with Crippen LogP contribution in [0.25, 0.3) is 0 Å². The molecule has 0 heterocycles. The largest absolute Gasteiger partial charge is 0.377 e. The lowest BCUT2D eigenvalue weighted by atomic mass is 10.1. The summed E-state index contributed by atoms with van der Waals surface area (Å²) in [6, 6.07) is 5.30. The van der Waals surface area contributed by atoms with Crippen LogP contribution in [0.3, 0.4) is 0 Å². The minimum atomic E-state index is -3.36. The summed E-state index contributed by atoms with van der Waals surface area (Å²) < 4.78 is 26.7. The molecule has 148 valence electrons. The van der Waals surface area contributed by atoms with Crippen LogP contribution < -0.4 is 14.9 Å². The van der Waals surface area contributed by atoms with E-state index in [1.165, 1.54) is 0 Å². The fourth-order valence-corrected chi connectivity index (χ4v) is 3.76. The maximum Gasteiger partial charge on any atom is 0.317 e. The lowest BCUT2D eigenvalue weighted by Gasteiger charge is -2.29. The van der Waals surface area contributed by atoms with Crippen LogP contribution in [-0.4, -0.2) is 51.8 Å². The molecule has 0 aliphatic heterocycles. The average Bonchev–Trinajstić information content (AvgIpc) is 2.51. The Kier molecular flexibility index (Phi) is 8.20. The zero-order chi connectivity index (χ0) is 19.9. The van der Waals surface area contributed by atoms with Crippen LogP contribution in [0.15, 0.2) is 18.2 Å². The SMILES string of the molecule is CCCS(=O)(=O)Nc1ccc(N(C)C)c(CN(C(=O)NCC)C(C)C)c1. The van der Waals surface area contributed by atoms with E-state index in [-0.39, 0.29) is 17.8 Å². The third kappa shape index (κ3) is 6.40. The molecule has 0 saturated carbocycles. The number of carbonyl (C=O) groups is 1. The van der Waals surface area contributed by atoms with Crippen LogP contribution >= 0.6 is 0 Å². The average molecular weight is 385 g/mol. The minimum absolute atomic E-state index is 0.0111. The first-order valence-electron chi connectivity index (χ1n) is 8.96. The maximum atomic E-state index is 12.4. The lowest BCUT2D eigenvalue weighted by Crippen LogP contribution is -2.43. The summed E-state index contributed by atoms with van der Waals surface area (Å²) in [7, 11) is 0.484. The molecule has 8 heteroatoms. The van der Waals surface area contributed by atoms with Crippen LogP contribution in [-0.2, 0) is 16.6 Å². The molecule has 1 rings (SSSR count). The Morgan fingerprint density at radius 1 is 1.19 bits per heavy atom. The Bertz CT molecular complexity index is 702. The highest BCUT2D eigenvalue weighted by atomic mass is 32.2. The van der Waals surface area contributed by atoms with Gasteiger partial charge in [0.05, 0.1) is 5.75 Å². The number of sulfonamides is 1. The van der Waals surface area contributed by atoms with Gasteiger partial charge in [0.1, 0.15) is 0 Å². The predicted octanol–water partition coefficient (Wildman–Crippen LogP) is 2.84. The molecular weight excluding hydrogens is 352 g/mol. The van der Waals surface area contributed by atoms with Crippen molar-refractivity contribution in [2.75, 3.05) is 36.0 Å².